The van der Waals surface area contributed by atoms with Crippen LogP contribution in [-0.4, -0.2) is 35.0 Å². The van der Waals surface area contributed by atoms with E-state index in [0.29, 0.717) is 12.0 Å². The first kappa shape index (κ1) is 13.6. The Kier molecular flexibility index (Phi) is 4.36. The topological polar surface area (TPSA) is 35.8 Å². The zero-order chi connectivity index (χ0) is 13.8. The molecule has 0 aromatic heterocycles. The predicted molar refractivity (Wildman–Crippen MR) is 81.5 cm³/mol. The summed E-state index contributed by atoms with van der Waals surface area (Å²) in [5, 5.41) is 12.7. The zero-order valence-corrected chi connectivity index (χ0v) is 12.0. The van der Waals surface area contributed by atoms with Crippen molar-refractivity contribution in [1.82, 2.24) is 4.90 Å². The van der Waals surface area contributed by atoms with Crippen molar-refractivity contribution in [3.05, 3.63) is 35.9 Å². The first-order valence-corrected chi connectivity index (χ1v) is 7.88. The molecule has 1 aromatic rings. The molecular weight excluding hydrogens is 248 g/mol. The molecular formula is C17H24N2O. The van der Waals surface area contributed by atoms with Gasteiger partial charge in [0.05, 0.1) is 11.8 Å². The third-order valence-corrected chi connectivity index (χ3v) is 4.91. The van der Waals surface area contributed by atoms with E-state index in [1.807, 2.05) is 0 Å². The molecule has 1 N–H and O–H groups in total. The number of hydrogen-bond acceptors (Lipinski definition) is 3. The van der Waals surface area contributed by atoms with E-state index in [1.54, 1.807) is 0 Å². The highest BCUT2D eigenvalue weighted by molar-refractivity contribution is 5.89. The van der Waals surface area contributed by atoms with Gasteiger partial charge in [-0.15, -0.1) is 0 Å². The summed E-state index contributed by atoms with van der Waals surface area (Å²) in [5.41, 5.74) is 2.49. The second kappa shape index (κ2) is 6.40. The summed E-state index contributed by atoms with van der Waals surface area (Å²) in [6, 6.07) is 11.3. The SMILES string of the molecule is O/N=C1/CCCCC1N1CCC(c2ccccc2)CC1. The van der Waals surface area contributed by atoms with Gasteiger partial charge in [0.2, 0.25) is 0 Å². The van der Waals surface area contributed by atoms with Crippen LogP contribution in [0.3, 0.4) is 0 Å². The molecule has 3 rings (SSSR count). The fourth-order valence-electron chi connectivity index (χ4n) is 3.76. The van der Waals surface area contributed by atoms with E-state index >= 15 is 0 Å². The third-order valence-electron chi connectivity index (χ3n) is 4.91. The van der Waals surface area contributed by atoms with Gasteiger partial charge >= 0.3 is 0 Å². The van der Waals surface area contributed by atoms with Gasteiger partial charge in [0, 0.05) is 0 Å². The van der Waals surface area contributed by atoms with E-state index < -0.39 is 0 Å². The van der Waals surface area contributed by atoms with E-state index in [1.165, 1.54) is 31.2 Å². The number of rotatable bonds is 2. The van der Waals surface area contributed by atoms with Crippen LogP contribution in [0.4, 0.5) is 0 Å². The van der Waals surface area contributed by atoms with Gasteiger partial charge in [-0.2, -0.15) is 0 Å². The Balaban J connectivity index is 1.61. The average molecular weight is 272 g/mol. The number of nitrogens with zero attached hydrogens (tertiary/aromatic N) is 2. The van der Waals surface area contributed by atoms with Crippen LogP contribution in [0.25, 0.3) is 0 Å². The zero-order valence-electron chi connectivity index (χ0n) is 12.0. The highest BCUT2D eigenvalue weighted by Crippen LogP contribution is 2.31. The maximum Gasteiger partial charge on any atom is 0.0742 e. The second-order valence-corrected chi connectivity index (χ2v) is 6.07. The van der Waals surface area contributed by atoms with E-state index in [9.17, 15) is 5.21 Å². The molecule has 0 spiro atoms. The van der Waals surface area contributed by atoms with Gasteiger partial charge in [0.1, 0.15) is 0 Å². The van der Waals surface area contributed by atoms with Crippen LogP contribution in [-0.2, 0) is 0 Å². The first-order chi connectivity index (χ1) is 9.88. The summed E-state index contributed by atoms with van der Waals surface area (Å²) < 4.78 is 0. The van der Waals surface area contributed by atoms with Crippen LogP contribution < -0.4 is 0 Å². The first-order valence-electron chi connectivity index (χ1n) is 7.88. The maximum absolute atomic E-state index is 9.18. The van der Waals surface area contributed by atoms with Crippen molar-refractivity contribution >= 4 is 5.71 Å². The van der Waals surface area contributed by atoms with E-state index in [2.05, 4.69) is 40.4 Å². The Morgan fingerprint density at radius 1 is 1.00 bits per heavy atom. The van der Waals surface area contributed by atoms with E-state index in [4.69, 9.17) is 0 Å². The summed E-state index contributed by atoms with van der Waals surface area (Å²) in [6.45, 7) is 2.26. The van der Waals surface area contributed by atoms with Gasteiger partial charge in [0.25, 0.3) is 0 Å². The monoisotopic (exact) mass is 272 g/mol. The lowest BCUT2D eigenvalue weighted by molar-refractivity contribution is 0.169. The molecule has 2 aliphatic rings. The van der Waals surface area contributed by atoms with Crippen molar-refractivity contribution in [2.75, 3.05) is 13.1 Å². The quantitative estimate of drug-likeness (QED) is 0.659. The molecule has 1 aliphatic heterocycles. The Morgan fingerprint density at radius 3 is 2.45 bits per heavy atom. The normalized spacial score (nSPS) is 27.8. The average Bonchev–Trinajstić information content (AvgIpc) is 2.56. The van der Waals surface area contributed by atoms with Crippen LogP contribution in [0.15, 0.2) is 35.5 Å². The summed E-state index contributed by atoms with van der Waals surface area (Å²) >= 11 is 0. The molecule has 0 bridgehead atoms. The number of likely N-dealkylation sites (tertiary alicyclic amines) is 1. The maximum atomic E-state index is 9.18. The Morgan fingerprint density at radius 2 is 1.75 bits per heavy atom. The number of benzene rings is 1. The summed E-state index contributed by atoms with van der Waals surface area (Å²) in [6.07, 6.45) is 7.02. The van der Waals surface area contributed by atoms with Crippen molar-refractivity contribution in [2.24, 2.45) is 5.16 Å². The second-order valence-electron chi connectivity index (χ2n) is 6.07. The van der Waals surface area contributed by atoms with Crippen molar-refractivity contribution in [3.63, 3.8) is 0 Å². The molecule has 20 heavy (non-hydrogen) atoms. The molecule has 0 radical (unpaired) electrons. The van der Waals surface area contributed by atoms with E-state index in [-0.39, 0.29) is 0 Å². The Labute approximate surface area is 121 Å². The van der Waals surface area contributed by atoms with E-state index in [0.717, 1.165) is 31.6 Å². The number of piperidine rings is 1. The molecule has 1 atom stereocenters. The molecule has 1 saturated heterocycles. The van der Waals surface area contributed by atoms with Gasteiger partial charge < -0.3 is 5.21 Å². The molecule has 2 fully saturated rings. The fraction of sp³-hybridized carbons (Fsp3) is 0.588. The molecule has 0 amide bonds. The van der Waals surface area contributed by atoms with Crippen LogP contribution >= 0.6 is 0 Å². The van der Waals surface area contributed by atoms with Crippen LogP contribution in [0, 0.1) is 0 Å². The molecule has 1 heterocycles. The minimum absolute atomic E-state index is 0.394. The Hall–Kier alpha value is -1.35. The number of oxime groups is 1. The lowest BCUT2D eigenvalue weighted by Crippen LogP contribution is -2.46. The molecule has 1 aliphatic carbocycles. The van der Waals surface area contributed by atoms with Crippen molar-refractivity contribution < 1.29 is 5.21 Å². The summed E-state index contributed by atoms with van der Waals surface area (Å²) in [7, 11) is 0. The van der Waals surface area contributed by atoms with Crippen LogP contribution in [0.2, 0.25) is 0 Å². The van der Waals surface area contributed by atoms with Crippen LogP contribution in [0.5, 0.6) is 0 Å². The molecule has 1 saturated carbocycles. The lowest BCUT2D eigenvalue weighted by atomic mass is 9.86. The minimum Gasteiger partial charge on any atom is -0.411 e. The number of hydrogen-bond donors (Lipinski definition) is 1. The van der Waals surface area contributed by atoms with Crippen LogP contribution in [0.1, 0.15) is 50.0 Å². The van der Waals surface area contributed by atoms with Crippen molar-refractivity contribution in [3.8, 4) is 0 Å². The summed E-state index contributed by atoms with van der Waals surface area (Å²) in [5.74, 6) is 0.700. The Bertz CT molecular complexity index is 449. The minimum atomic E-state index is 0.394. The van der Waals surface area contributed by atoms with Gasteiger partial charge in [0.15, 0.2) is 0 Å². The van der Waals surface area contributed by atoms with Gasteiger partial charge in [-0.05, 0) is 56.7 Å². The predicted octanol–water partition coefficient (Wildman–Crippen LogP) is 3.64. The molecule has 108 valence electrons. The molecule has 1 aromatic carbocycles. The van der Waals surface area contributed by atoms with Gasteiger partial charge in [-0.3, -0.25) is 4.90 Å². The highest BCUT2D eigenvalue weighted by atomic mass is 16.4. The molecule has 3 nitrogen and oxygen atoms in total. The van der Waals surface area contributed by atoms with Gasteiger partial charge in [-0.1, -0.05) is 41.9 Å². The van der Waals surface area contributed by atoms with Crippen molar-refractivity contribution in [1.29, 1.82) is 0 Å². The largest absolute Gasteiger partial charge is 0.411 e. The lowest BCUT2D eigenvalue weighted by Gasteiger charge is -2.39. The van der Waals surface area contributed by atoms with Crippen molar-refractivity contribution in [2.45, 2.75) is 50.5 Å². The van der Waals surface area contributed by atoms with Gasteiger partial charge in [-0.25, -0.2) is 0 Å². The fourth-order valence-corrected chi connectivity index (χ4v) is 3.76. The standard InChI is InChI=1S/C17H24N2O/c20-18-16-8-4-5-9-17(16)19-12-10-15(11-13-19)14-6-2-1-3-7-14/h1-3,6-7,15,17,20H,4-5,8-13H2/b18-16-. The molecule has 1 unspecified atom stereocenters. The highest BCUT2D eigenvalue weighted by Gasteiger charge is 2.30. The third kappa shape index (κ3) is 2.88. The smallest absolute Gasteiger partial charge is 0.0742 e. The molecule has 3 heteroatoms. The summed E-state index contributed by atoms with van der Waals surface area (Å²) in [4.78, 5) is 2.54.